The van der Waals surface area contributed by atoms with Crippen LogP contribution in [0.2, 0.25) is 0 Å². The number of nitrogens with one attached hydrogen (secondary N) is 2. The van der Waals surface area contributed by atoms with Crippen molar-refractivity contribution in [3.05, 3.63) is 0 Å². The molecule has 3 heteroatoms. The van der Waals surface area contributed by atoms with E-state index in [1.54, 1.807) is 0 Å². The summed E-state index contributed by atoms with van der Waals surface area (Å²) in [6, 6.07) is 0. The number of piperidine rings is 1. The van der Waals surface area contributed by atoms with Crippen LogP contribution in [0.1, 0.15) is 73.6 Å². The Morgan fingerprint density at radius 1 is 1.25 bits per heavy atom. The van der Waals surface area contributed by atoms with Gasteiger partial charge in [0.2, 0.25) is 5.91 Å². The number of carbonyl (C=O) groups excluding carboxylic acids is 1. The van der Waals surface area contributed by atoms with Crippen LogP contribution in [0.5, 0.6) is 0 Å². The third-order valence-electron chi connectivity index (χ3n) is 4.11. The van der Waals surface area contributed by atoms with Crippen LogP contribution >= 0.6 is 0 Å². The molecular weight excluding hydrogens is 248 g/mol. The highest BCUT2D eigenvalue weighted by atomic mass is 16.2. The normalized spacial score (nSPS) is 24.5. The van der Waals surface area contributed by atoms with E-state index in [4.69, 9.17) is 0 Å². The Hall–Kier alpha value is -0.570. The minimum atomic E-state index is -0.192. The molecule has 3 nitrogen and oxygen atoms in total. The molecule has 0 aromatic rings. The SMILES string of the molecule is CCCC1(C(=O)NC(C)(C)CC(C)(C)C)CCCNC1. The average Bonchev–Trinajstić information content (AvgIpc) is 2.26. The lowest BCUT2D eigenvalue weighted by atomic mass is 9.74. The second-order valence-corrected chi connectivity index (χ2v) is 8.39. The maximum Gasteiger partial charge on any atom is 0.227 e. The first kappa shape index (κ1) is 17.5. The highest BCUT2D eigenvalue weighted by Crippen LogP contribution is 2.34. The fraction of sp³-hybridized carbons (Fsp3) is 0.941. The van der Waals surface area contributed by atoms with Crippen LogP contribution in [-0.2, 0) is 4.79 Å². The third kappa shape index (κ3) is 5.08. The van der Waals surface area contributed by atoms with E-state index in [9.17, 15) is 4.79 Å². The summed E-state index contributed by atoms with van der Waals surface area (Å²) in [5, 5.41) is 6.74. The van der Waals surface area contributed by atoms with E-state index in [-0.39, 0.29) is 22.3 Å². The molecule has 1 saturated heterocycles. The summed E-state index contributed by atoms with van der Waals surface area (Å²) >= 11 is 0. The van der Waals surface area contributed by atoms with E-state index in [0.29, 0.717) is 0 Å². The Morgan fingerprint density at radius 3 is 2.35 bits per heavy atom. The fourth-order valence-electron chi connectivity index (χ4n) is 3.78. The van der Waals surface area contributed by atoms with Gasteiger partial charge in [0.05, 0.1) is 5.41 Å². The molecule has 1 rings (SSSR count). The molecule has 1 aliphatic heterocycles. The number of carbonyl (C=O) groups is 1. The van der Waals surface area contributed by atoms with Gasteiger partial charge >= 0.3 is 0 Å². The second kappa shape index (κ2) is 6.46. The van der Waals surface area contributed by atoms with Crippen LogP contribution in [0.15, 0.2) is 0 Å². The van der Waals surface area contributed by atoms with Crippen LogP contribution in [0.4, 0.5) is 0 Å². The Morgan fingerprint density at radius 2 is 1.90 bits per heavy atom. The van der Waals surface area contributed by atoms with Gasteiger partial charge in [0, 0.05) is 12.1 Å². The van der Waals surface area contributed by atoms with Crippen molar-refractivity contribution < 1.29 is 4.79 Å². The highest BCUT2D eigenvalue weighted by molar-refractivity contribution is 5.83. The molecular formula is C17H34N2O. The van der Waals surface area contributed by atoms with Gasteiger partial charge in [-0.1, -0.05) is 34.1 Å². The summed E-state index contributed by atoms with van der Waals surface area (Å²) in [5.74, 6) is 0.251. The summed E-state index contributed by atoms with van der Waals surface area (Å²) in [6.07, 6.45) is 5.16. The van der Waals surface area contributed by atoms with E-state index in [0.717, 1.165) is 45.2 Å². The Kier molecular flexibility index (Phi) is 5.65. The maximum atomic E-state index is 12.9. The molecule has 0 aromatic carbocycles. The molecule has 1 unspecified atom stereocenters. The van der Waals surface area contributed by atoms with Gasteiger partial charge < -0.3 is 10.6 Å². The van der Waals surface area contributed by atoms with E-state index in [1.165, 1.54) is 0 Å². The van der Waals surface area contributed by atoms with E-state index in [1.807, 2.05) is 0 Å². The molecule has 1 fully saturated rings. The van der Waals surface area contributed by atoms with E-state index >= 15 is 0 Å². The fourth-order valence-corrected chi connectivity index (χ4v) is 3.78. The smallest absolute Gasteiger partial charge is 0.227 e. The number of hydrogen-bond acceptors (Lipinski definition) is 2. The second-order valence-electron chi connectivity index (χ2n) is 8.39. The monoisotopic (exact) mass is 282 g/mol. The summed E-state index contributed by atoms with van der Waals surface area (Å²) in [7, 11) is 0. The van der Waals surface area contributed by atoms with Crippen LogP contribution in [-0.4, -0.2) is 24.5 Å². The minimum Gasteiger partial charge on any atom is -0.351 e. The third-order valence-corrected chi connectivity index (χ3v) is 4.11. The van der Waals surface area contributed by atoms with Crippen LogP contribution < -0.4 is 10.6 Å². The lowest BCUT2D eigenvalue weighted by Crippen LogP contribution is -2.56. The van der Waals surface area contributed by atoms with Gasteiger partial charge in [-0.15, -0.1) is 0 Å². The van der Waals surface area contributed by atoms with Gasteiger partial charge in [-0.05, 0) is 51.5 Å². The average molecular weight is 282 g/mol. The summed E-state index contributed by atoms with van der Waals surface area (Å²) in [4.78, 5) is 12.9. The summed E-state index contributed by atoms with van der Waals surface area (Å²) in [5.41, 5.74) is -0.116. The van der Waals surface area contributed by atoms with Gasteiger partial charge in [-0.2, -0.15) is 0 Å². The Balaban J connectivity index is 2.75. The molecule has 0 aromatic heterocycles. The molecule has 2 N–H and O–H groups in total. The molecule has 0 bridgehead atoms. The molecule has 118 valence electrons. The van der Waals surface area contributed by atoms with Crippen molar-refractivity contribution in [3.63, 3.8) is 0 Å². The molecule has 0 saturated carbocycles. The maximum absolute atomic E-state index is 12.9. The lowest BCUT2D eigenvalue weighted by molar-refractivity contribution is -0.134. The van der Waals surface area contributed by atoms with Crippen LogP contribution in [0, 0.1) is 10.8 Å². The lowest BCUT2D eigenvalue weighted by Gasteiger charge is -2.41. The predicted octanol–water partition coefficient (Wildman–Crippen LogP) is 3.49. The highest BCUT2D eigenvalue weighted by Gasteiger charge is 2.41. The first-order valence-corrected chi connectivity index (χ1v) is 8.14. The zero-order valence-corrected chi connectivity index (χ0v) is 14.4. The number of rotatable bonds is 5. The van der Waals surface area contributed by atoms with Crippen molar-refractivity contribution in [3.8, 4) is 0 Å². The molecule has 0 radical (unpaired) electrons. The summed E-state index contributed by atoms with van der Waals surface area (Å²) in [6.45, 7) is 15.0. The first-order chi connectivity index (χ1) is 9.10. The van der Waals surface area contributed by atoms with Crippen molar-refractivity contribution in [2.24, 2.45) is 10.8 Å². The Bertz CT molecular complexity index is 317. The zero-order chi connectivity index (χ0) is 15.4. The molecule has 1 amide bonds. The number of hydrogen-bond donors (Lipinski definition) is 2. The molecule has 1 heterocycles. The molecule has 0 spiro atoms. The van der Waals surface area contributed by atoms with Gasteiger partial charge in [-0.25, -0.2) is 0 Å². The van der Waals surface area contributed by atoms with Crippen LogP contribution in [0.3, 0.4) is 0 Å². The van der Waals surface area contributed by atoms with Crippen LogP contribution in [0.25, 0.3) is 0 Å². The van der Waals surface area contributed by atoms with Crippen molar-refractivity contribution >= 4 is 5.91 Å². The standard InChI is InChI=1S/C17H34N2O/c1-7-9-17(10-8-11-18-13-17)14(20)19-16(5,6)12-15(2,3)4/h18H,7-13H2,1-6H3,(H,19,20). The quantitative estimate of drug-likeness (QED) is 0.810. The Labute approximate surface area is 125 Å². The predicted molar refractivity (Wildman–Crippen MR) is 85.7 cm³/mol. The molecule has 1 atom stereocenters. The van der Waals surface area contributed by atoms with Crippen molar-refractivity contribution in [2.75, 3.05) is 13.1 Å². The number of amides is 1. The molecule has 20 heavy (non-hydrogen) atoms. The van der Waals surface area contributed by atoms with Crippen molar-refractivity contribution in [1.29, 1.82) is 0 Å². The van der Waals surface area contributed by atoms with Gasteiger partial charge in [0.15, 0.2) is 0 Å². The first-order valence-electron chi connectivity index (χ1n) is 8.14. The molecule has 0 aliphatic carbocycles. The van der Waals surface area contributed by atoms with Gasteiger partial charge in [0.25, 0.3) is 0 Å². The van der Waals surface area contributed by atoms with Gasteiger partial charge in [-0.3, -0.25) is 4.79 Å². The minimum absolute atomic E-state index is 0.145. The van der Waals surface area contributed by atoms with Crippen molar-refractivity contribution in [2.45, 2.75) is 79.2 Å². The van der Waals surface area contributed by atoms with Crippen molar-refractivity contribution in [1.82, 2.24) is 10.6 Å². The van der Waals surface area contributed by atoms with E-state index in [2.05, 4.69) is 52.2 Å². The van der Waals surface area contributed by atoms with Gasteiger partial charge in [0.1, 0.15) is 0 Å². The molecule has 1 aliphatic rings. The summed E-state index contributed by atoms with van der Waals surface area (Å²) < 4.78 is 0. The largest absolute Gasteiger partial charge is 0.351 e. The van der Waals surface area contributed by atoms with E-state index < -0.39 is 0 Å². The topological polar surface area (TPSA) is 41.1 Å². The zero-order valence-electron chi connectivity index (χ0n) is 14.4.